The summed E-state index contributed by atoms with van der Waals surface area (Å²) < 4.78 is 34.9. The molecule has 9 heteroatoms. The highest BCUT2D eigenvalue weighted by Crippen LogP contribution is 2.34. The van der Waals surface area contributed by atoms with Crippen molar-refractivity contribution in [2.45, 2.75) is 20.4 Å². The Morgan fingerprint density at radius 2 is 1.71 bits per heavy atom. The minimum absolute atomic E-state index is 0.0938. The van der Waals surface area contributed by atoms with Crippen molar-refractivity contribution in [1.82, 2.24) is 4.57 Å². The van der Waals surface area contributed by atoms with Gasteiger partial charge in [-0.1, -0.05) is 29.3 Å². The van der Waals surface area contributed by atoms with Crippen LogP contribution in [0, 0.1) is 18.6 Å². The molecule has 0 aliphatic carbocycles. The lowest BCUT2D eigenvalue weighted by atomic mass is 9.96. The molecular formula is C22H17Cl2F2NO4. The first-order chi connectivity index (χ1) is 14.6. The van der Waals surface area contributed by atoms with Gasteiger partial charge >= 0.3 is 5.97 Å². The van der Waals surface area contributed by atoms with Gasteiger partial charge in [-0.2, -0.15) is 0 Å². The fourth-order valence-corrected chi connectivity index (χ4v) is 3.91. The van der Waals surface area contributed by atoms with Crippen LogP contribution in [0.4, 0.5) is 8.78 Å². The van der Waals surface area contributed by atoms with Crippen LogP contribution in [-0.4, -0.2) is 22.8 Å². The summed E-state index contributed by atoms with van der Waals surface area (Å²) in [5.41, 5.74) is -0.811. The van der Waals surface area contributed by atoms with Gasteiger partial charge in [-0.15, -0.1) is 0 Å². The Labute approximate surface area is 186 Å². The molecule has 5 nitrogen and oxygen atoms in total. The van der Waals surface area contributed by atoms with E-state index in [9.17, 15) is 23.5 Å². The van der Waals surface area contributed by atoms with Crippen molar-refractivity contribution < 1.29 is 23.4 Å². The van der Waals surface area contributed by atoms with Crippen LogP contribution in [-0.2, 0) is 6.54 Å². The monoisotopic (exact) mass is 467 g/mol. The van der Waals surface area contributed by atoms with E-state index in [-0.39, 0.29) is 33.4 Å². The van der Waals surface area contributed by atoms with Gasteiger partial charge in [0.05, 0.1) is 22.8 Å². The first-order valence-electron chi connectivity index (χ1n) is 9.11. The molecule has 162 valence electrons. The van der Waals surface area contributed by atoms with Crippen LogP contribution < -0.4 is 10.2 Å². The fourth-order valence-electron chi connectivity index (χ4n) is 3.61. The van der Waals surface area contributed by atoms with Crippen molar-refractivity contribution in [2.75, 3.05) is 7.11 Å². The molecule has 0 fully saturated rings. The second-order valence-corrected chi connectivity index (χ2v) is 7.48. The molecule has 1 heterocycles. The third kappa shape index (κ3) is 3.91. The third-order valence-corrected chi connectivity index (χ3v) is 5.68. The topological polar surface area (TPSA) is 68.5 Å². The molecule has 0 amide bonds. The summed E-state index contributed by atoms with van der Waals surface area (Å²) in [6, 6.07) is 6.38. The van der Waals surface area contributed by atoms with Crippen LogP contribution in [0.5, 0.6) is 5.75 Å². The Morgan fingerprint density at radius 1 is 1.10 bits per heavy atom. The number of hydrogen-bond acceptors (Lipinski definition) is 3. The summed E-state index contributed by atoms with van der Waals surface area (Å²) in [5.74, 6) is -4.10. The Kier molecular flexibility index (Phi) is 6.38. The van der Waals surface area contributed by atoms with E-state index in [1.54, 1.807) is 24.5 Å². The van der Waals surface area contributed by atoms with Gasteiger partial charge < -0.3 is 14.4 Å². The average Bonchev–Trinajstić information content (AvgIpc) is 2.69. The smallest absolute Gasteiger partial charge is 0.341 e. The molecule has 2 aromatic carbocycles. The number of carboxylic acid groups (broad SMARTS) is 1. The summed E-state index contributed by atoms with van der Waals surface area (Å²) in [4.78, 5) is 25.4. The van der Waals surface area contributed by atoms with Gasteiger partial charge in [-0.3, -0.25) is 4.79 Å². The molecule has 3 rings (SSSR count). The molecule has 0 aliphatic rings. The van der Waals surface area contributed by atoms with Crippen molar-refractivity contribution in [1.29, 1.82) is 0 Å². The van der Waals surface area contributed by atoms with Gasteiger partial charge in [0.1, 0.15) is 5.56 Å². The lowest BCUT2D eigenvalue weighted by Gasteiger charge is -2.21. The zero-order valence-corrected chi connectivity index (χ0v) is 18.2. The van der Waals surface area contributed by atoms with E-state index < -0.39 is 34.3 Å². The number of methoxy groups -OCH3 is 1. The van der Waals surface area contributed by atoms with Crippen molar-refractivity contribution in [3.05, 3.63) is 73.5 Å². The highest BCUT2D eigenvalue weighted by Gasteiger charge is 2.27. The number of carboxylic acids is 1. The molecule has 0 saturated carbocycles. The molecule has 0 unspecified atom stereocenters. The van der Waals surface area contributed by atoms with E-state index in [0.29, 0.717) is 11.3 Å². The number of ether oxygens (including phenoxy) is 1. The minimum atomic E-state index is -1.48. The SMILES string of the molecule is CCn1c(C)c(-c2cc(F)c(OC)c(F)c2)c(=O)c(C(=O)O)c1-c1ccc(Cl)c(Cl)c1. The largest absolute Gasteiger partial charge is 0.491 e. The second-order valence-electron chi connectivity index (χ2n) is 6.66. The van der Waals surface area contributed by atoms with Gasteiger partial charge in [0.15, 0.2) is 17.4 Å². The molecule has 0 spiro atoms. The van der Waals surface area contributed by atoms with Crippen LogP contribution in [0.1, 0.15) is 23.0 Å². The summed E-state index contributed by atoms with van der Waals surface area (Å²) in [7, 11) is 1.12. The van der Waals surface area contributed by atoms with Crippen LogP contribution in [0.3, 0.4) is 0 Å². The number of benzene rings is 2. The molecule has 0 radical (unpaired) electrons. The average molecular weight is 468 g/mol. The molecule has 1 aromatic heterocycles. The van der Waals surface area contributed by atoms with Gasteiger partial charge in [0, 0.05) is 23.4 Å². The van der Waals surface area contributed by atoms with Gasteiger partial charge in [-0.25, -0.2) is 13.6 Å². The first kappa shape index (κ1) is 22.8. The number of pyridine rings is 1. The van der Waals surface area contributed by atoms with Gasteiger partial charge in [0.25, 0.3) is 0 Å². The third-order valence-electron chi connectivity index (χ3n) is 4.94. The van der Waals surface area contributed by atoms with Crippen LogP contribution >= 0.6 is 23.2 Å². The molecular weight excluding hydrogens is 451 g/mol. The van der Waals surface area contributed by atoms with Crippen molar-refractivity contribution in [3.63, 3.8) is 0 Å². The standard InChI is InChI=1S/C22H17Cl2F2NO4/c1-4-27-10(2)17(12-8-15(25)21(31-3)16(26)9-12)20(28)18(22(29)30)19(27)11-5-6-13(23)14(24)7-11/h5-9H,4H2,1-3H3,(H,29,30). The summed E-state index contributed by atoms with van der Waals surface area (Å²) >= 11 is 12.1. The lowest BCUT2D eigenvalue weighted by molar-refractivity contribution is 0.0695. The Balaban J connectivity index is 2.45. The Morgan fingerprint density at radius 3 is 2.19 bits per heavy atom. The van der Waals surface area contributed by atoms with Crippen LogP contribution in [0.2, 0.25) is 10.0 Å². The van der Waals surface area contributed by atoms with Crippen molar-refractivity contribution in [3.8, 4) is 28.1 Å². The van der Waals surface area contributed by atoms with E-state index in [1.807, 2.05) is 0 Å². The first-order valence-corrected chi connectivity index (χ1v) is 9.87. The number of nitrogens with zero attached hydrogens (tertiary/aromatic N) is 1. The van der Waals surface area contributed by atoms with E-state index in [2.05, 4.69) is 4.74 Å². The fraction of sp³-hybridized carbons (Fsp3) is 0.182. The van der Waals surface area contributed by atoms with E-state index >= 15 is 0 Å². The maximum absolute atomic E-state index is 14.3. The molecule has 0 atom stereocenters. The molecule has 0 aliphatic heterocycles. The van der Waals surface area contributed by atoms with E-state index in [1.165, 1.54) is 12.1 Å². The second kappa shape index (κ2) is 8.69. The lowest BCUT2D eigenvalue weighted by Crippen LogP contribution is -2.25. The van der Waals surface area contributed by atoms with Crippen molar-refractivity contribution in [2.24, 2.45) is 0 Å². The normalized spacial score (nSPS) is 10.9. The number of halogens is 4. The maximum atomic E-state index is 14.3. The van der Waals surface area contributed by atoms with Crippen molar-refractivity contribution >= 4 is 29.2 Å². The highest BCUT2D eigenvalue weighted by molar-refractivity contribution is 6.42. The number of aromatic nitrogens is 1. The minimum Gasteiger partial charge on any atom is -0.491 e. The molecule has 0 saturated heterocycles. The number of aromatic carboxylic acids is 1. The van der Waals surface area contributed by atoms with E-state index in [0.717, 1.165) is 19.2 Å². The maximum Gasteiger partial charge on any atom is 0.341 e. The van der Waals surface area contributed by atoms with Crippen LogP contribution in [0.15, 0.2) is 35.1 Å². The molecule has 1 N–H and O–H groups in total. The predicted molar refractivity (Wildman–Crippen MR) is 115 cm³/mol. The van der Waals surface area contributed by atoms with E-state index in [4.69, 9.17) is 23.2 Å². The summed E-state index contributed by atoms with van der Waals surface area (Å²) in [6.07, 6.45) is 0. The van der Waals surface area contributed by atoms with Crippen LogP contribution in [0.25, 0.3) is 22.4 Å². The molecule has 3 aromatic rings. The quantitative estimate of drug-likeness (QED) is 0.514. The zero-order valence-electron chi connectivity index (χ0n) is 16.7. The predicted octanol–water partition coefficient (Wildman–Crippen LogP) is 5.80. The Bertz CT molecular complexity index is 1250. The molecule has 31 heavy (non-hydrogen) atoms. The number of hydrogen-bond donors (Lipinski definition) is 1. The van der Waals surface area contributed by atoms with Gasteiger partial charge in [-0.05, 0) is 43.7 Å². The summed E-state index contributed by atoms with van der Waals surface area (Å²) in [5, 5.41) is 10.3. The highest BCUT2D eigenvalue weighted by atomic mass is 35.5. The van der Waals surface area contributed by atoms with Gasteiger partial charge in [0.2, 0.25) is 5.43 Å². The zero-order chi connectivity index (χ0) is 23.0. The summed E-state index contributed by atoms with van der Waals surface area (Å²) in [6.45, 7) is 3.60. The number of rotatable bonds is 5. The molecule has 0 bridgehead atoms. The number of carbonyl (C=O) groups is 1. The Hall–Kier alpha value is -2.90.